The van der Waals surface area contributed by atoms with E-state index in [0.29, 0.717) is 17.3 Å². The number of ether oxygens (including phenoxy) is 1. The summed E-state index contributed by atoms with van der Waals surface area (Å²) in [5, 5.41) is 9.14. The summed E-state index contributed by atoms with van der Waals surface area (Å²) in [5.74, 6) is 0.691. The Morgan fingerprint density at radius 2 is 2.25 bits per heavy atom. The molecule has 1 aromatic rings. The number of hydrogen-bond acceptors (Lipinski definition) is 3. The van der Waals surface area contributed by atoms with Gasteiger partial charge in [-0.3, -0.25) is 4.90 Å². The van der Waals surface area contributed by atoms with E-state index in [2.05, 4.69) is 6.07 Å². The fraction of sp³-hybridized carbons (Fsp3) is 0.417. The lowest BCUT2D eigenvalue weighted by Gasteiger charge is -2.12. The molecule has 1 aromatic carbocycles. The standard InChI is InChI=1S/C12H15ClN2O/c1-15(8-6-14)7-5-10-3-4-12(16-2)11(13)9-10/h3-4,9H,5,7-8H2,1-2H3. The molecule has 3 nitrogen and oxygen atoms in total. The monoisotopic (exact) mass is 238 g/mol. The second-order valence-corrected chi connectivity index (χ2v) is 4.02. The Hall–Kier alpha value is -1.24. The minimum absolute atomic E-state index is 0.448. The van der Waals surface area contributed by atoms with Crippen LogP contribution in [0.1, 0.15) is 5.56 Å². The number of rotatable bonds is 5. The molecule has 0 saturated carbocycles. The summed E-state index contributed by atoms with van der Waals surface area (Å²) in [4.78, 5) is 1.97. The quantitative estimate of drug-likeness (QED) is 0.739. The van der Waals surface area contributed by atoms with Gasteiger partial charge in [0.1, 0.15) is 5.75 Å². The van der Waals surface area contributed by atoms with E-state index in [0.717, 1.165) is 18.5 Å². The summed E-state index contributed by atoms with van der Waals surface area (Å²) in [6, 6.07) is 7.87. The fourth-order valence-electron chi connectivity index (χ4n) is 1.39. The first-order valence-corrected chi connectivity index (χ1v) is 5.43. The molecule has 0 radical (unpaired) electrons. The predicted octanol–water partition coefficient (Wildman–Crippen LogP) is 2.35. The summed E-state index contributed by atoms with van der Waals surface area (Å²) >= 11 is 6.02. The Morgan fingerprint density at radius 3 is 2.81 bits per heavy atom. The Bertz CT molecular complexity index is 387. The number of halogens is 1. The molecule has 0 N–H and O–H groups in total. The smallest absolute Gasteiger partial charge is 0.137 e. The summed E-state index contributed by atoms with van der Waals surface area (Å²) in [7, 11) is 3.52. The number of nitriles is 1. The van der Waals surface area contributed by atoms with Crippen molar-refractivity contribution in [2.45, 2.75) is 6.42 Å². The second kappa shape index (κ2) is 6.37. The van der Waals surface area contributed by atoms with E-state index < -0.39 is 0 Å². The van der Waals surface area contributed by atoms with Gasteiger partial charge in [0, 0.05) is 6.54 Å². The molecule has 0 atom stereocenters. The van der Waals surface area contributed by atoms with Gasteiger partial charge in [0.15, 0.2) is 0 Å². The Labute approximate surface area is 101 Å². The highest BCUT2D eigenvalue weighted by atomic mass is 35.5. The van der Waals surface area contributed by atoms with E-state index in [4.69, 9.17) is 21.6 Å². The lowest BCUT2D eigenvalue weighted by atomic mass is 10.1. The van der Waals surface area contributed by atoms with Crippen molar-refractivity contribution in [3.8, 4) is 11.8 Å². The van der Waals surface area contributed by atoms with E-state index in [9.17, 15) is 0 Å². The van der Waals surface area contributed by atoms with Gasteiger partial charge in [-0.05, 0) is 31.2 Å². The number of nitrogens with zero attached hydrogens (tertiary/aromatic N) is 2. The van der Waals surface area contributed by atoms with Crippen molar-refractivity contribution in [1.82, 2.24) is 4.90 Å². The van der Waals surface area contributed by atoms with Crippen molar-refractivity contribution in [2.24, 2.45) is 0 Å². The Balaban J connectivity index is 2.55. The van der Waals surface area contributed by atoms with Crippen LogP contribution >= 0.6 is 11.6 Å². The number of hydrogen-bond donors (Lipinski definition) is 0. The maximum absolute atomic E-state index is 8.52. The molecule has 0 bridgehead atoms. The third kappa shape index (κ3) is 3.73. The van der Waals surface area contributed by atoms with Crippen LogP contribution < -0.4 is 4.74 Å². The molecular weight excluding hydrogens is 224 g/mol. The van der Waals surface area contributed by atoms with Crippen LogP contribution in [-0.4, -0.2) is 32.1 Å². The zero-order valence-corrected chi connectivity index (χ0v) is 10.3. The van der Waals surface area contributed by atoms with E-state index in [-0.39, 0.29) is 0 Å². The first kappa shape index (κ1) is 12.8. The van der Waals surface area contributed by atoms with Crippen LogP contribution in [0.25, 0.3) is 0 Å². The minimum atomic E-state index is 0.448. The highest BCUT2D eigenvalue weighted by molar-refractivity contribution is 6.32. The molecule has 0 aliphatic carbocycles. The molecule has 1 rings (SSSR count). The van der Waals surface area contributed by atoms with Crippen LogP contribution in [0, 0.1) is 11.3 Å². The lowest BCUT2D eigenvalue weighted by Crippen LogP contribution is -2.21. The fourth-order valence-corrected chi connectivity index (χ4v) is 1.67. The molecule has 4 heteroatoms. The third-order valence-electron chi connectivity index (χ3n) is 2.34. The lowest BCUT2D eigenvalue weighted by molar-refractivity contribution is 0.379. The third-order valence-corrected chi connectivity index (χ3v) is 2.63. The van der Waals surface area contributed by atoms with Gasteiger partial charge in [0.2, 0.25) is 0 Å². The highest BCUT2D eigenvalue weighted by Gasteiger charge is 2.03. The molecule has 0 aliphatic heterocycles. The summed E-state index contributed by atoms with van der Waals surface area (Å²) in [6.45, 7) is 1.29. The molecule has 86 valence electrons. The van der Waals surface area contributed by atoms with Gasteiger partial charge < -0.3 is 4.74 Å². The van der Waals surface area contributed by atoms with Gasteiger partial charge >= 0.3 is 0 Å². The van der Waals surface area contributed by atoms with Gasteiger partial charge in [-0.15, -0.1) is 0 Å². The van der Waals surface area contributed by atoms with E-state index in [1.165, 1.54) is 0 Å². The predicted molar refractivity (Wildman–Crippen MR) is 64.8 cm³/mol. The zero-order valence-electron chi connectivity index (χ0n) is 9.53. The SMILES string of the molecule is COc1ccc(CCN(C)CC#N)cc1Cl. The van der Waals surface area contributed by atoms with Crippen LogP contribution in [-0.2, 0) is 6.42 Å². The summed E-state index contributed by atoms with van der Waals surface area (Å²) < 4.78 is 5.08. The molecule has 0 fully saturated rings. The largest absolute Gasteiger partial charge is 0.495 e. The minimum Gasteiger partial charge on any atom is -0.495 e. The topological polar surface area (TPSA) is 36.3 Å². The average molecular weight is 239 g/mol. The summed E-state index contributed by atoms with van der Waals surface area (Å²) in [6.07, 6.45) is 0.877. The zero-order chi connectivity index (χ0) is 12.0. The Kier molecular flexibility index (Phi) is 5.10. The summed E-state index contributed by atoms with van der Waals surface area (Å²) in [5.41, 5.74) is 1.15. The Morgan fingerprint density at radius 1 is 1.50 bits per heavy atom. The molecule has 0 heterocycles. The number of likely N-dealkylation sites (N-methyl/N-ethyl adjacent to an activating group) is 1. The second-order valence-electron chi connectivity index (χ2n) is 3.61. The van der Waals surface area contributed by atoms with Crippen molar-refractivity contribution in [2.75, 3.05) is 27.2 Å². The van der Waals surface area contributed by atoms with Crippen molar-refractivity contribution in [3.63, 3.8) is 0 Å². The molecule has 0 aliphatic rings. The van der Waals surface area contributed by atoms with Crippen LogP contribution in [0.3, 0.4) is 0 Å². The highest BCUT2D eigenvalue weighted by Crippen LogP contribution is 2.25. The molecule has 0 aromatic heterocycles. The van der Waals surface area contributed by atoms with Crippen LogP contribution in [0.4, 0.5) is 0 Å². The van der Waals surface area contributed by atoms with Crippen molar-refractivity contribution < 1.29 is 4.74 Å². The van der Waals surface area contributed by atoms with Gasteiger partial charge in [-0.1, -0.05) is 17.7 Å². The average Bonchev–Trinajstić information content (AvgIpc) is 2.27. The van der Waals surface area contributed by atoms with Crippen molar-refractivity contribution in [1.29, 1.82) is 5.26 Å². The molecule has 0 spiro atoms. The van der Waals surface area contributed by atoms with E-state index in [1.807, 2.05) is 30.1 Å². The van der Waals surface area contributed by atoms with E-state index in [1.54, 1.807) is 7.11 Å². The number of methoxy groups -OCH3 is 1. The molecular formula is C12H15ClN2O. The van der Waals surface area contributed by atoms with Gasteiger partial charge in [0.05, 0.1) is 24.7 Å². The maximum atomic E-state index is 8.52. The van der Waals surface area contributed by atoms with Crippen molar-refractivity contribution in [3.05, 3.63) is 28.8 Å². The van der Waals surface area contributed by atoms with Crippen molar-refractivity contribution >= 4 is 11.6 Å². The molecule has 16 heavy (non-hydrogen) atoms. The first-order valence-electron chi connectivity index (χ1n) is 5.05. The number of benzene rings is 1. The molecule has 0 unspecified atom stereocenters. The van der Waals surface area contributed by atoms with Crippen LogP contribution in [0.5, 0.6) is 5.75 Å². The first-order chi connectivity index (χ1) is 7.67. The van der Waals surface area contributed by atoms with Gasteiger partial charge in [-0.25, -0.2) is 0 Å². The van der Waals surface area contributed by atoms with Crippen LogP contribution in [0.2, 0.25) is 5.02 Å². The van der Waals surface area contributed by atoms with Gasteiger partial charge in [-0.2, -0.15) is 5.26 Å². The molecule has 0 amide bonds. The molecule has 0 saturated heterocycles. The van der Waals surface area contributed by atoms with Crippen LogP contribution in [0.15, 0.2) is 18.2 Å². The normalized spacial score (nSPS) is 10.2. The maximum Gasteiger partial charge on any atom is 0.137 e. The van der Waals surface area contributed by atoms with E-state index >= 15 is 0 Å². The van der Waals surface area contributed by atoms with Gasteiger partial charge in [0.25, 0.3) is 0 Å².